The summed E-state index contributed by atoms with van der Waals surface area (Å²) in [5.41, 5.74) is 3.72. The molecule has 7 nitrogen and oxygen atoms in total. The molecule has 0 saturated carbocycles. The molecule has 0 bridgehead atoms. The Hall–Kier alpha value is -3.10. The van der Waals surface area contributed by atoms with Crippen LogP contribution >= 0.6 is 11.3 Å². The van der Waals surface area contributed by atoms with E-state index < -0.39 is 0 Å². The van der Waals surface area contributed by atoms with Gasteiger partial charge in [0.1, 0.15) is 5.01 Å². The second kappa shape index (κ2) is 10.7. The Morgan fingerprint density at radius 1 is 1.03 bits per heavy atom. The minimum atomic E-state index is -0.324. The van der Waals surface area contributed by atoms with Gasteiger partial charge in [0.25, 0.3) is 11.8 Å². The molecule has 0 atom stereocenters. The van der Waals surface area contributed by atoms with Crippen LogP contribution in [0.15, 0.2) is 48.5 Å². The lowest BCUT2D eigenvalue weighted by Gasteiger charge is -2.32. The van der Waals surface area contributed by atoms with E-state index in [1.807, 2.05) is 0 Å². The van der Waals surface area contributed by atoms with Crippen molar-refractivity contribution in [2.45, 2.75) is 33.2 Å². The lowest BCUT2D eigenvalue weighted by atomic mass is 9.96. The van der Waals surface area contributed by atoms with Crippen molar-refractivity contribution in [3.63, 3.8) is 0 Å². The van der Waals surface area contributed by atoms with Crippen LogP contribution < -0.4 is 10.6 Å². The number of carbonyl (C=O) groups is 2. The molecule has 2 N–H and O–H groups in total. The summed E-state index contributed by atoms with van der Waals surface area (Å²) in [5, 5.41) is 14.6. The maximum atomic E-state index is 12.7. The standard InChI is InChI=1S/C25H29N5O2S/c1-17-6-8-20(9-7-17)16-30-12-10-19(11-13-30)15-26-23(31)21-4-3-5-22(14-21)27-24(32)25-29-28-18(2)33-25/h3-9,14,19H,10-13,15-16H2,1-2H3,(H,26,31)(H,27,32). The number of nitrogens with one attached hydrogen (secondary N) is 2. The SMILES string of the molecule is Cc1ccc(CN2CCC(CNC(=O)c3cccc(NC(=O)c4nnc(C)s4)c3)CC2)cc1. The van der Waals surface area contributed by atoms with Crippen molar-refractivity contribution in [1.82, 2.24) is 20.4 Å². The quantitative estimate of drug-likeness (QED) is 0.552. The number of hydrogen-bond donors (Lipinski definition) is 2. The highest BCUT2D eigenvalue weighted by atomic mass is 32.1. The van der Waals surface area contributed by atoms with Gasteiger partial charge in [0, 0.05) is 24.3 Å². The van der Waals surface area contributed by atoms with Gasteiger partial charge in [-0.05, 0) is 69.5 Å². The van der Waals surface area contributed by atoms with Crippen molar-refractivity contribution >= 4 is 28.8 Å². The Labute approximate surface area is 198 Å². The number of piperidine rings is 1. The van der Waals surface area contributed by atoms with Crippen molar-refractivity contribution < 1.29 is 9.59 Å². The lowest BCUT2D eigenvalue weighted by molar-refractivity contribution is 0.0934. The van der Waals surface area contributed by atoms with Crippen LogP contribution in [-0.2, 0) is 6.54 Å². The maximum absolute atomic E-state index is 12.7. The van der Waals surface area contributed by atoms with Crippen LogP contribution in [-0.4, -0.2) is 46.5 Å². The Morgan fingerprint density at radius 2 is 1.79 bits per heavy atom. The van der Waals surface area contributed by atoms with E-state index in [9.17, 15) is 9.59 Å². The normalized spacial score (nSPS) is 14.7. The average molecular weight is 464 g/mol. The van der Waals surface area contributed by atoms with E-state index >= 15 is 0 Å². The molecular weight excluding hydrogens is 434 g/mol. The van der Waals surface area contributed by atoms with Gasteiger partial charge >= 0.3 is 0 Å². The van der Waals surface area contributed by atoms with Gasteiger partial charge in [-0.3, -0.25) is 14.5 Å². The van der Waals surface area contributed by atoms with Crippen molar-refractivity contribution in [1.29, 1.82) is 0 Å². The molecule has 8 heteroatoms. The molecule has 0 spiro atoms. The molecule has 4 rings (SSSR count). The number of amides is 2. The van der Waals surface area contributed by atoms with E-state index in [1.54, 1.807) is 31.2 Å². The summed E-state index contributed by atoms with van der Waals surface area (Å²) in [6.45, 7) is 7.64. The zero-order valence-electron chi connectivity index (χ0n) is 19.0. The highest BCUT2D eigenvalue weighted by molar-refractivity contribution is 7.13. The van der Waals surface area contributed by atoms with Crippen molar-refractivity contribution in [2.24, 2.45) is 5.92 Å². The lowest BCUT2D eigenvalue weighted by Crippen LogP contribution is -2.38. The van der Waals surface area contributed by atoms with Gasteiger partial charge in [-0.1, -0.05) is 47.2 Å². The Bertz CT molecular complexity index is 1100. The van der Waals surface area contributed by atoms with Gasteiger partial charge < -0.3 is 10.6 Å². The first-order chi connectivity index (χ1) is 16.0. The topological polar surface area (TPSA) is 87.2 Å². The predicted octanol–water partition coefficient (Wildman–Crippen LogP) is 4.05. The van der Waals surface area contributed by atoms with Crippen LogP contribution in [0.3, 0.4) is 0 Å². The van der Waals surface area contributed by atoms with Crippen LogP contribution in [0.4, 0.5) is 5.69 Å². The molecule has 2 amide bonds. The number of anilines is 1. The number of aryl methyl sites for hydroxylation is 2. The van der Waals surface area contributed by atoms with Crippen molar-refractivity contribution in [3.05, 3.63) is 75.2 Å². The number of likely N-dealkylation sites (tertiary alicyclic amines) is 1. The maximum Gasteiger partial charge on any atom is 0.286 e. The molecule has 2 aromatic carbocycles. The first kappa shape index (κ1) is 23.1. The molecule has 172 valence electrons. The Balaban J connectivity index is 1.23. The molecular formula is C25H29N5O2S. The fraction of sp³-hybridized carbons (Fsp3) is 0.360. The van der Waals surface area contributed by atoms with Crippen LogP contribution in [0.1, 0.15) is 49.1 Å². The van der Waals surface area contributed by atoms with E-state index in [-0.39, 0.29) is 11.8 Å². The summed E-state index contributed by atoms with van der Waals surface area (Å²) in [6, 6.07) is 15.7. The first-order valence-electron chi connectivity index (χ1n) is 11.2. The highest BCUT2D eigenvalue weighted by Crippen LogP contribution is 2.19. The number of aromatic nitrogens is 2. The zero-order chi connectivity index (χ0) is 23.2. The summed E-state index contributed by atoms with van der Waals surface area (Å²) in [4.78, 5) is 27.4. The fourth-order valence-corrected chi connectivity index (χ4v) is 4.54. The third kappa shape index (κ3) is 6.46. The molecule has 1 aliphatic heterocycles. The predicted molar refractivity (Wildman–Crippen MR) is 131 cm³/mol. The van der Waals surface area contributed by atoms with E-state index in [2.05, 4.69) is 56.9 Å². The molecule has 1 fully saturated rings. The van der Waals surface area contributed by atoms with E-state index in [0.29, 0.717) is 28.7 Å². The molecule has 33 heavy (non-hydrogen) atoms. The van der Waals surface area contributed by atoms with Gasteiger partial charge in [0.05, 0.1) is 0 Å². The summed E-state index contributed by atoms with van der Waals surface area (Å²) < 4.78 is 0. The summed E-state index contributed by atoms with van der Waals surface area (Å²) in [7, 11) is 0. The molecule has 1 saturated heterocycles. The van der Waals surface area contributed by atoms with Crippen LogP contribution in [0, 0.1) is 19.8 Å². The van der Waals surface area contributed by atoms with E-state index in [1.165, 1.54) is 22.5 Å². The third-order valence-corrected chi connectivity index (χ3v) is 6.73. The largest absolute Gasteiger partial charge is 0.352 e. The second-order valence-corrected chi connectivity index (χ2v) is 9.76. The zero-order valence-corrected chi connectivity index (χ0v) is 19.8. The monoisotopic (exact) mass is 463 g/mol. The van der Waals surface area contributed by atoms with Gasteiger partial charge in [-0.2, -0.15) is 0 Å². The third-order valence-electron chi connectivity index (χ3n) is 5.89. The molecule has 3 aromatic rings. The molecule has 1 aromatic heterocycles. The van der Waals surface area contributed by atoms with Crippen molar-refractivity contribution in [3.8, 4) is 0 Å². The summed E-state index contributed by atoms with van der Waals surface area (Å²) >= 11 is 1.23. The number of benzene rings is 2. The molecule has 1 aliphatic rings. The summed E-state index contributed by atoms with van der Waals surface area (Å²) in [6.07, 6.45) is 2.15. The molecule has 0 aliphatic carbocycles. The fourth-order valence-electron chi connectivity index (χ4n) is 3.95. The minimum Gasteiger partial charge on any atom is -0.352 e. The molecule has 0 unspecified atom stereocenters. The molecule has 2 heterocycles. The van der Waals surface area contributed by atoms with Gasteiger partial charge in [0.2, 0.25) is 5.01 Å². The summed E-state index contributed by atoms with van der Waals surface area (Å²) in [5.74, 6) is 0.0299. The Kier molecular flexibility index (Phi) is 7.47. The van der Waals surface area contributed by atoms with Crippen LogP contribution in [0.5, 0.6) is 0 Å². The molecule has 0 radical (unpaired) electrons. The van der Waals surface area contributed by atoms with Crippen LogP contribution in [0.25, 0.3) is 0 Å². The van der Waals surface area contributed by atoms with E-state index in [0.717, 1.165) is 37.5 Å². The Morgan fingerprint density at radius 3 is 2.48 bits per heavy atom. The van der Waals surface area contributed by atoms with Gasteiger partial charge in [-0.25, -0.2) is 0 Å². The van der Waals surface area contributed by atoms with Crippen molar-refractivity contribution in [2.75, 3.05) is 25.0 Å². The first-order valence-corrected chi connectivity index (χ1v) is 12.1. The number of hydrogen-bond acceptors (Lipinski definition) is 6. The van der Waals surface area contributed by atoms with Gasteiger partial charge in [0.15, 0.2) is 0 Å². The minimum absolute atomic E-state index is 0.125. The average Bonchev–Trinajstić information content (AvgIpc) is 3.26. The second-order valence-electron chi connectivity index (χ2n) is 8.58. The van der Waals surface area contributed by atoms with Gasteiger partial charge in [-0.15, -0.1) is 10.2 Å². The number of carbonyl (C=O) groups excluding carboxylic acids is 2. The van der Waals surface area contributed by atoms with E-state index in [4.69, 9.17) is 0 Å². The number of rotatable bonds is 7. The highest BCUT2D eigenvalue weighted by Gasteiger charge is 2.20. The number of nitrogens with zero attached hydrogens (tertiary/aromatic N) is 3. The smallest absolute Gasteiger partial charge is 0.286 e. The van der Waals surface area contributed by atoms with Crippen LogP contribution in [0.2, 0.25) is 0 Å².